The number of hydrogen-bond donors (Lipinski definition) is 0. The predicted molar refractivity (Wildman–Crippen MR) is 79.5 cm³/mol. The molecule has 0 aromatic heterocycles. The molecule has 0 aliphatic heterocycles. The van der Waals surface area contributed by atoms with Crippen molar-refractivity contribution in [1.29, 1.82) is 0 Å². The molecule has 1 radical (unpaired) electrons. The van der Waals surface area contributed by atoms with Gasteiger partial charge in [-0.15, -0.1) is 0 Å². The Kier molecular flexibility index (Phi) is 3.66. The third-order valence-corrected chi connectivity index (χ3v) is 3.24. The molecule has 0 saturated heterocycles. The molecular formula is C18H19. The van der Waals surface area contributed by atoms with E-state index in [0.717, 1.165) is 0 Å². The molecule has 2 rings (SSSR count). The third-order valence-electron chi connectivity index (χ3n) is 3.24. The van der Waals surface area contributed by atoms with Crippen LogP contribution < -0.4 is 0 Å². The number of rotatable bonds is 2. The van der Waals surface area contributed by atoms with Crippen molar-refractivity contribution in [2.24, 2.45) is 0 Å². The van der Waals surface area contributed by atoms with Gasteiger partial charge in [-0.25, -0.2) is 0 Å². The molecule has 0 heteroatoms. The molecule has 18 heavy (non-hydrogen) atoms. The maximum Gasteiger partial charge on any atom is -0.0122 e. The summed E-state index contributed by atoms with van der Waals surface area (Å²) in [6, 6.07) is 14.9. The summed E-state index contributed by atoms with van der Waals surface area (Å²) in [4.78, 5) is 0. The van der Waals surface area contributed by atoms with Gasteiger partial charge in [0, 0.05) is 0 Å². The van der Waals surface area contributed by atoms with Gasteiger partial charge in [0.05, 0.1) is 0 Å². The molecule has 0 fully saturated rings. The fourth-order valence-electron chi connectivity index (χ4n) is 2.59. The second kappa shape index (κ2) is 5.22. The van der Waals surface area contributed by atoms with Gasteiger partial charge in [-0.1, -0.05) is 54.1 Å². The molecule has 0 N–H and O–H groups in total. The van der Waals surface area contributed by atoms with E-state index in [4.69, 9.17) is 0 Å². The van der Waals surface area contributed by atoms with Crippen molar-refractivity contribution in [2.45, 2.75) is 20.8 Å². The maximum absolute atomic E-state index is 3.98. The van der Waals surface area contributed by atoms with Crippen LogP contribution in [-0.2, 0) is 0 Å². The molecule has 0 spiro atoms. The van der Waals surface area contributed by atoms with Gasteiger partial charge in [-0.05, 0) is 55.5 Å². The number of benzene rings is 2. The summed E-state index contributed by atoms with van der Waals surface area (Å²) in [7, 11) is 0. The van der Waals surface area contributed by atoms with E-state index in [2.05, 4.69) is 64.1 Å². The average Bonchev–Trinajstić information content (AvgIpc) is 2.34. The topological polar surface area (TPSA) is 0 Å². The summed E-state index contributed by atoms with van der Waals surface area (Å²) in [6.45, 7) is 10.5. The lowest BCUT2D eigenvalue weighted by Crippen LogP contribution is -1.96. The average molecular weight is 235 g/mol. The standard InChI is InChI=1S/C18H19/c1-5-17(16-9-7-6-8-10-16)18-14(3)11-13(2)12-15(18)4/h5-12H,1H2,2-4H3/b17-5-. The van der Waals surface area contributed by atoms with Gasteiger partial charge in [0.1, 0.15) is 0 Å². The number of aryl methyl sites for hydroxylation is 3. The van der Waals surface area contributed by atoms with E-state index in [1.165, 1.54) is 33.4 Å². The smallest absolute Gasteiger partial charge is 0.0122 e. The zero-order chi connectivity index (χ0) is 13.1. The lowest BCUT2D eigenvalue weighted by Gasteiger charge is -2.15. The first kappa shape index (κ1) is 12.6. The summed E-state index contributed by atoms with van der Waals surface area (Å²) >= 11 is 0. The fraction of sp³-hybridized carbons (Fsp3) is 0.167. The zero-order valence-corrected chi connectivity index (χ0v) is 11.3. The van der Waals surface area contributed by atoms with Crippen LogP contribution in [-0.4, -0.2) is 0 Å². The van der Waals surface area contributed by atoms with Gasteiger partial charge in [-0.2, -0.15) is 0 Å². The number of allylic oxidation sites excluding steroid dienone is 1. The van der Waals surface area contributed by atoms with Crippen LogP contribution in [0.15, 0.2) is 48.5 Å². The molecule has 2 aromatic rings. The highest BCUT2D eigenvalue weighted by Crippen LogP contribution is 2.29. The highest BCUT2D eigenvalue weighted by Gasteiger charge is 2.10. The molecule has 0 amide bonds. The van der Waals surface area contributed by atoms with E-state index >= 15 is 0 Å². The van der Waals surface area contributed by atoms with Crippen LogP contribution in [0.3, 0.4) is 0 Å². The van der Waals surface area contributed by atoms with Crippen molar-refractivity contribution in [2.75, 3.05) is 0 Å². The minimum Gasteiger partial charge on any atom is -0.0757 e. The van der Waals surface area contributed by atoms with Gasteiger partial charge in [0.15, 0.2) is 0 Å². The summed E-state index contributed by atoms with van der Waals surface area (Å²) in [6.07, 6.45) is 1.96. The second-order valence-electron chi connectivity index (χ2n) is 4.76. The Morgan fingerprint density at radius 1 is 0.944 bits per heavy atom. The lowest BCUT2D eigenvalue weighted by molar-refractivity contribution is 1.29. The van der Waals surface area contributed by atoms with Crippen LogP contribution in [0, 0.1) is 27.7 Å². The molecule has 91 valence electrons. The highest BCUT2D eigenvalue weighted by atomic mass is 14.1. The molecule has 0 nitrogen and oxygen atoms in total. The quantitative estimate of drug-likeness (QED) is 0.696. The van der Waals surface area contributed by atoms with Crippen LogP contribution in [0.25, 0.3) is 5.57 Å². The van der Waals surface area contributed by atoms with Crippen LogP contribution in [0.2, 0.25) is 0 Å². The molecule has 2 aromatic carbocycles. The fourth-order valence-corrected chi connectivity index (χ4v) is 2.59. The molecular weight excluding hydrogens is 216 g/mol. The van der Waals surface area contributed by atoms with Gasteiger partial charge >= 0.3 is 0 Å². The Bertz CT molecular complexity index is 551. The Morgan fingerprint density at radius 2 is 1.50 bits per heavy atom. The minimum atomic E-state index is 1.21. The van der Waals surface area contributed by atoms with E-state index in [0.29, 0.717) is 0 Å². The second-order valence-corrected chi connectivity index (χ2v) is 4.76. The van der Waals surface area contributed by atoms with Gasteiger partial charge in [-0.3, -0.25) is 0 Å². The Labute approximate surface area is 110 Å². The highest BCUT2D eigenvalue weighted by molar-refractivity contribution is 5.83. The largest absolute Gasteiger partial charge is 0.0757 e. The van der Waals surface area contributed by atoms with E-state index in [9.17, 15) is 0 Å². The van der Waals surface area contributed by atoms with Crippen LogP contribution in [0.5, 0.6) is 0 Å². The third kappa shape index (κ3) is 2.38. The molecule has 0 unspecified atom stereocenters. The molecule has 0 saturated carbocycles. The Hall–Kier alpha value is -1.82. The van der Waals surface area contributed by atoms with E-state index in [1.807, 2.05) is 12.1 Å². The first-order valence-corrected chi connectivity index (χ1v) is 6.26. The monoisotopic (exact) mass is 235 g/mol. The van der Waals surface area contributed by atoms with E-state index in [1.54, 1.807) is 0 Å². The summed E-state index contributed by atoms with van der Waals surface area (Å²) < 4.78 is 0. The molecule has 0 atom stereocenters. The van der Waals surface area contributed by atoms with Crippen molar-refractivity contribution in [3.8, 4) is 0 Å². The molecule has 0 aliphatic carbocycles. The SMILES string of the molecule is [CH2]/C=C(/c1ccccc1)c1c(C)cc(C)cc1C. The van der Waals surface area contributed by atoms with Crippen LogP contribution >= 0.6 is 0 Å². The van der Waals surface area contributed by atoms with Gasteiger partial charge < -0.3 is 0 Å². The minimum absolute atomic E-state index is 1.21. The normalized spacial score (nSPS) is 11.7. The van der Waals surface area contributed by atoms with Crippen molar-refractivity contribution in [3.05, 3.63) is 83.3 Å². The van der Waals surface area contributed by atoms with Crippen LogP contribution in [0.1, 0.15) is 27.8 Å². The zero-order valence-electron chi connectivity index (χ0n) is 11.3. The van der Waals surface area contributed by atoms with Crippen molar-refractivity contribution in [3.63, 3.8) is 0 Å². The van der Waals surface area contributed by atoms with E-state index in [-0.39, 0.29) is 0 Å². The first-order valence-electron chi connectivity index (χ1n) is 6.26. The van der Waals surface area contributed by atoms with E-state index < -0.39 is 0 Å². The van der Waals surface area contributed by atoms with Crippen LogP contribution in [0.4, 0.5) is 0 Å². The summed E-state index contributed by atoms with van der Waals surface area (Å²) in [5.74, 6) is 0. The Morgan fingerprint density at radius 3 is 2.00 bits per heavy atom. The lowest BCUT2D eigenvalue weighted by atomic mass is 9.89. The molecule has 0 aliphatic rings. The maximum atomic E-state index is 3.98. The van der Waals surface area contributed by atoms with Gasteiger partial charge in [0.25, 0.3) is 0 Å². The summed E-state index contributed by atoms with van der Waals surface area (Å²) in [5, 5.41) is 0. The van der Waals surface area contributed by atoms with Gasteiger partial charge in [0.2, 0.25) is 0 Å². The van der Waals surface area contributed by atoms with Crippen molar-refractivity contribution in [1.82, 2.24) is 0 Å². The molecule has 0 bridgehead atoms. The first-order chi connectivity index (χ1) is 8.63. The predicted octanol–water partition coefficient (Wildman–Crippen LogP) is 4.88. The summed E-state index contributed by atoms with van der Waals surface area (Å²) in [5.41, 5.74) is 7.68. The molecule has 0 heterocycles. The number of hydrogen-bond acceptors (Lipinski definition) is 0. The Balaban J connectivity index is 2.61. The van der Waals surface area contributed by atoms with Crippen molar-refractivity contribution >= 4 is 5.57 Å². The van der Waals surface area contributed by atoms with Crippen molar-refractivity contribution < 1.29 is 0 Å².